The molecule has 0 saturated carbocycles. The quantitative estimate of drug-likeness (QED) is 0.640. The third kappa shape index (κ3) is 2.72. The molecule has 0 fully saturated rings. The summed E-state index contributed by atoms with van der Waals surface area (Å²) >= 11 is 0. The van der Waals surface area contributed by atoms with Crippen molar-refractivity contribution in [1.82, 2.24) is 0 Å². The monoisotopic (exact) mass is 232 g/mol. The second-order valence-electron chi connectivity index (χ2n) is 3.84. The van der Waals surface area contributed by atoms with E-state index in [1.54, 1.807) is 24.3 Å². The van der Waals surface area contributed by atoms with E-state index in [0.29, 0.717) is 17.7 Å². The molecule has 0 spiro atoms. The second-order valence-corrected chi connectivity index (χ2v) is 3.84. The van der Waals surface area contributed by atoms with Crippen LogP contribution in [0.5, 0.6) is 5.75 Å². The van der Waals surface area contributed by atoms with Crippen molar-refractivity contribution in [3.63, 3.8) is 0 Å². The average Bonchev–Trinajstić information content (AvgIpc) is 2.62. The first-order chi connectivity index (χ1) is 8.16. The number of Topliss-reactive ketones (excluding diaryl/α,β-unsaturated/α-hetero) is 1. The summed E-state index contributed by atoms with van der Waals surface area (Å²) in [6.45, 7) is 0. The first-order valence-corrected chi connectivity index (χ1v) is 5.37. The normalized spacial score (nSPS) is 15.2. The van der Waals surface area contributed by atoms with Gasteiger partial charge in [0.05, 0.1) is 6.42 Å². The van der Waals surface area contributed by atoms with Crippen molar-refractivity contribution in [2.24, 2.45) is 0 Å². The summed E-state index contributed by atoms with van der Waals surface area (Å²) in [6.07, 6.45) is 0.681. The number of ether oxygens (including phenoxy) is 1. The number of hydrogen-bond acceptors (Lipinski definition) is 4. The minimum atomic E-state index is -0.465. The van der Waals surface area contributed by atoms with Gasteiger partial charge in [-0.25, -0.2) is 0 Å². The molecule has 17 heavy (non-hydrogen) atoms. The number of esters is 1. The van der Waals surface area contributed by atoms with Crippen LogP contribution in [0.4, 0.5) is 0 Å². The molecule has 0 heterocycles. The van der Waals surface area contributed by atoms with Gasteiger partial charge in [-0.3, -0.25) is 9.59 Å². The lowest BCUT2D eigenvalue weighted by Gasteiger charge is -2.04. The van der Waals surface area contributed by atoms with E-state index in [9.17, 15) is 14.7 Å². The molecular formula is C13H12O4. The van der Waals surface area contributed by atoms with Crippen LogP contribution in [-0.2, 0) is 9.59 Å². The lowest BCUT2D eigenvalue weighted by Crippen LogP contribution is -2.09. The largest absolute Gasteiger partial charge is 0.504 e. The summed E-state index contributed by atoms with van der Waals surface area (Å²) in [4.78, 5) is 22.6. The van der Waals surface area contributed by atoms with Gasteiger partial charge >= 0.3 is 5.97 Å². The fraction of sp³-hybridized carbons (Fsp3) is 0.231. The van der Waals surface area contributed by atoms with Gasteiger partial charge in [0.2, 0.25) is 0 Å². The smallest absolute Gasteiger partial charge is 0.315 e. The van der Waals surface area contributed by atoms with Gasteiger partial charge in [0.15, 0.2) is 11.5 Å². The van der Waals surface area contributed by atoms with Gasteiger partial charge in [-0.05, 0) is 24.1 Å². The van der Waals surface area contributed by atoms with E-state index in [1.807, 2.05) is 6.07 Å². The predicted molar refractivity (Wildman–Crippen MR) is 60.6 cm³/mol. The molecule has 0 atom stereocenters. The molecule has 1 aromatic rings. The van der Waals surface area contributed by atoms with Crippen LogP contribution in [0.15, 0.2) is 41.7 Å². The van der Waals surface area contributed by atoms with Crippen molar-refractivity contribution >= 4 is 11.8 Å². The fourth-order valence-corrected chi connectivity index (χ4v) is 1.70. The predicted octanol–water partition coefficient (Wildman–Crippen LogP) is 2.16. The third-order valence-corrected chi connectivity index (χ3v) is 2.59. The Labute approximate surface area is 98.5 Å². The molecule has 0 saturated heterocycles. The molecule has 0 aromatic heterocycles. The molecule has 1 aromatic carbocycles. The van der Waals surface area contributed by atoms with Crippen LogP contribution < -0.4 is 4.74 Å². The standard InChI is InChI=1S/C13H12O4/c14-11-7-6-9(13(11)16)8-12(15)17-10-4-2-1-3-5-10/h1-5,16H,6-8H2. The van der Waals surface area contributed by atoms with Gasteiger partial charge in [-0.15, -0.1) is 0 Å². The summed E-state index contributed by atoms with van der Waals surface area (Å²) in [5.41, 5.74) is 0.468. The van der Waals surface area contributed by atoms with Crippen LogP contribution in [0.3, 0.4) is 0 Å². The maximum absolute atomic E-state index is 11.5. The molecule has 1 aliphatic rings. The van der Waals surface area contributed by atoms with Gasteiger partial charge in [-0.1, -0.05) is 18.2 Å². The zero-order valence-electron chi connectivity index (χ0n) is 9.18. The highest BCUT2D eigenvalue weighted by atomic mass is 16.5. The minimum absolute atomic E-state index is 0.0353. The number of rotatable bonds is 3. The molecule has 1 aliphatic carbocycles. The average molecular weight is 232 g/mol. The molecule has 0 radical (unpaired) electrons. The number of allylic oxidation sites excluding steroid dienone is 1. The van der Waals surface area contributed by atoms with Crippen molar-refractivity contribution in [3.05, 3.63) is 41.7 Å². The zero-order valence-corrected chi connectivity index (χ0v) is 9.18. The highest BCUT2D eigenvalue weighted by molar-refractivity contribution is 5.97. The first kappa shape index (κ1) is 11.4. The molecule has 0 amide bonds. The Balaban J connectivity index is 1.97. The lowest BCUT2D eigenvalue weighted by molar-refractivity contribution is -0.133. The molecule has 88 valence electrons. The van der Waals surface area contributed by atoms with E-state index in [4.69, 9.17) is 4.74 Å². The van der Waals surface area contributed by atoms with Crippen molar-refractivity contribution in [2.75, 3.05) is 0 Å². The summed E-state index contributed by atoms with van der Waals surface area (Å²) < 4.78 is 5.06. The van der Waals surface area contributed by atoms with Crippen molar-refractivity contribution < 1.29 is 19.4 Å². The Morgan fingerprint density at radius 1 is 1.24 bits per heavy atom. The van der Waals surface area contributed by atoms with Crippen molar-refractivity contribution in [2.45, 2.75) is 19.3 Å². The van der Waals surface area contributed by atoms with E-state index in [1.165, 1.54) is 0 Å². The maximum atomic E-state index is 11.5. The number of para-hydroxylation sites is 1. The van der Waals surface area contributed by atoms with Gasteiger partial charge in [0.1, 0.15) is 5.75 Å². The van der Waals surface area contributed by atoms with Crippen LogP contribution >= 0.6 is 0 Å². The summed E-state index contributed by atoms with van der Waals surface area (Å²) in [7, 11) is 0. The molecular weight excluding hydrogens is 220 g/mol. The van der Waals surface area contributed by atoms with Crippen LogP contribution in [0, 0.1) is 0 Å². The Bertz CT molecular complexity index is 473. The summed E-state index contributed by atoms with van der Waals surface area (Å²) in [5, 5.41) is 9.39. The number of carbonyl (C=O) groups is 2. The maximum Gasteiger partial charge on any atom is 0.315 e. The molecule has 1 N–H and O–H groups in total. The Morgan fingerprint density at radius 2 is 1.94 bits per heavy atom. The molecule has 2 rings (SSSR count). The number of hydrogen-bond donors (Lipinski definition) is 1. The molecule has 4 nitrogen and oxygen atoms in total. The highest BCUT2D eigenvalue weighted by Gasteiger charge is 2.24. The van der Waals surface area contributed by atoms with Gasteiger partial charge in [0, 0.05) is 6.42 Å². The van der Waals surface area contributed by atoms with E-state index < -0.39 is 5.97 Å². The fourth-order valence-electron chi connectivity index (χ4n) is 1.70. The van der Waals surface area contributed by atoms with E-state index in [2.05, 4.69) is 0 Å². The number of aliphatic hydroxyl groups excluding tert-OH is 1. The van der Waals surface area contributed by atoms with Gasteiger partial charge < -0.3 is 9.84 Å². The summed E-state index contributed by atoms with van der Waals surface area (Å²) in [5.74, 6) is -0.572. The van der Waals surface area contributed by atoms with Crippen molar-refractivity contribution in [3.8, 4) is 5.75 Å². The minimum Gasteiger partial charge on any atom is -0.504 e. The van der Waals surface area contributed by atoms with Gasteiger partial charge in [0.25, 0.3) is 0 Å². The van der Waals surface area contributed by atoms with Crippen LogP contribution in [0.25, 0.3) is 0 Å². The van der Waals surface area contributed by atoms with Gasteiger partial charge in [-0.2, -0.15) is 0 Å². The van der Waals surface area contributed by atoms with Crippen molar-refractivity contribution in [1.29, 1.82) is 0 Å². The molecule has 0 bridgehead atoms. The first-order valence-electron chi connectivity index (χ1n) is 5.37. The van der Waals surface area contributed by atoms with Crippen LogP contribution in [0.1, 0.15) is 19.3 Å². The third-order valence-electron chi connectivity index (χ3n) is 2.59. The Hall–Kier alpha value is -2.10. The topological polar surface area (TPSA) is 63.6 Å². The number of benzene rings is 1. The zero-order chi connectivity index (χ0) is 12.3. The van der Waals surface area contributed by atoms with E-state index in [-0.39, 0.29) is 24.4 Å². The van der Waals surface area contributed by atoms with Crippen LogP contribution in [0.2, 0.25) is 0 Å². The molecule has 0 aliphatic heterocycles. The Morgan fingerprint density at radius 3 is 2.53 bits per heavy atom. The summed E-state index contributed by atoms with van der Waals surface area (Å²) in [6, 6.07) is 8.69. The molecule has 4 heteroatoms. The van der Waals surface area contributed by atoms with Crippen LogP contribution in [-0.4, -0.2) is 16.9 Å². The number of aliphatic hydroxyl groups is 1. The number of carbonyl (C=O) groups excluding carboxylic acids is 2. The second kappa shape index (κ2) is 4.82. The Kier molecular flexibility index (Phi) is 3.23. The molecule has 0 unspecified atom stereocenters. The van der Waals surface area contributed by atoms with E-state index in [0.717, 1.165) is 0 Å². The van der Waals surface area contributed by atoms with E-state index >= 15 is 0 Å². The highest BCUT2D eigenvalue weighted by Crippen LogP contribution is 2.24. The number of ketones is 1. The lowest BCUT2D eigenvalue weighted by atomic mass is 10.1. The SMILES string of the molecule is O=C(CC1=C(O)C(=O)CC1)Oc1ccccc1.